The summed E-state index contributed by atoms with van der Waals surface area (Å²) in [5, 5.41) is 3.64. The number of thiocarbonyl (C=S) groups is 1. The van der Waals surface area contributed by atoms with E-state index in [1.807, 2.05) is 42.6 Å². The van der Waals surface area contributed by atoms with Gasteiger partial charge in [0, 0.05) is 40.7 Å². The van der Waals surface area contributed by atoms with Crippen molar-refractivity contribution in [2.24, 2.45) is 0 Å². The molecular formula is C21H16BrN3O2S. The fraction of sp³-hybridized carbons (Fsp3) is 0.0952. The highest BCUT2D eigenvalue weighted by Crippen LogP contribution is 2.26. The molecule has 1 aliphatic rings. The third-order valence-electron chi connectivity index (χ3n) is 4.69. The number of halogens is 1. The molecule has 28 heavy (non-hydrogen) atoms. The van der Waals surface area contributed by atoms with Crippen molar-refractivity contribution in [3.05, 3.63) is 75.9 Å². The predicted molar refractivity (Wildman–Crippen MR) is 117 cm³/mol. The Hall–Kier alpha value is -2.77. The molecule has 1 fully saturated rings. The highest BCUT2D eigenvalue weighted by atomic mass is 79.9. The summed E-state index contributed by atoms with van der Waals surface area (Å²) in [6, 6.07) is 16.1. The quantitative estimate of drug-likeness (QED) is 0.373. The van der Waals surface area contributed by atoms with Crippen LogP contribution in [0.25, 0.3) is 17.0 Å². The van der Waals surface area contributed by atoms with Crippen LogP contribution in [-0.4, -0.2) is 33.4 Å². The van der Waals surface area contributed by atoms with Crippen molar-refractivity contribution in [3.8, 4) is 0 Å². The third-order valence-corrected chi connectivity index (χ3v) is 5.59. The number of rotatable bonds is 3. The van der Waals surface area contributed by atoms with Gasteiger partial charge in [0.25, 0.3) is 11.8 Å². The third kappa shape index (κ3) is 3.39. The van der Waals surface area contributed by atoms with Gasteiger partial charge in [-0.1, -0.05) is 46.3 Å². The topological polar surface area (TPSA) is 54.3 Å². The Morgan fingerprint density at radius 3 is 2.57 bits per heavy atom. The van der Waals surface area contributed by atoms with Crippen LogP contribution >= 0.6 is 28.1 Å². The van der Waals surface area contributed by atoms with Crippen molar-refractivity contribution in [3.63, 3.8) is 0 Å². The van der Waals surface area contributed by atoms with Gasteiger partial charge >= 0.3 is 0 Å². The number of hydrogen-bond donors (Lipinski definition) is 1. The summed E-state index contributed by atoms with van der Waals surface area (Å²) < 4.78 is 3.15. The molecule has 0 atom stereocenters. The Morgan fingerprint density at radius 2 is 1.82 bits per heavy atom. The van der Waals surface area contributed by atoms with Gasteiger partial charge in [0.1, 0.15) is 5.57 Å². The Kier molecular flexibility index (Phi) is 4.87. The second-order valence-electron chi connectivity index (χ2n) is 6.54. The van der Waals surface area contributed by atoms with Gasteiger partial charge in [-0.3, -0.25) is 19.8 Å². The largest absolute Gasteiger partial charge is 0.342 e. The first-order valence-electron chi connectivity index (χ1n) is 8.61. The van der Waals surface area contributed by atoms with Gasteiger partial charge in [-0.2, -0.15) is 0 Å². The smallest absolute Gasteiger partial charge is 0.265 e. The monoisotopic (exact) mass is 453 g/mol. The van der Waals surface area contributed by atoms with E-state index < -0.39 is 11.8 Å². The number of nitrogens with zero attached hydrogens (tertiary/aromatic N) is 2. The maximum absolute atomic E-state index is 12.5. The zero-order valence-corrected chi connectivity index (χ0v) is 17.4. The first-order valence-corrected chi connectivity index (χ1v) is 9.81. The van der Waals surface area contributed by atoms with Gasteiger partial charge in [-0.05, 0) is 42.1 Å². The number of benzene rings is 2. The van der Waals surface area contributed by atoms with Crippen LogP contribution in [0.5, 0.6) is 0 Å². The van der Waals surface area contributed by atoms with Crippen LogP contribution in [0, 0.1) is 0 Å². The van der Waals surface area contributed by atoms with Crippen molar-refractivity contribution < 1.29 is 9.59 Å². The van der Waals surface area contributed by atoms with E-state index in [0.717, 1.165) is 26.5 Å². The van der Waals surface area contributed by atoms with Gasteiger partial charge in [0.2, 0.25) is 0 Å². The van der Waals surface area contributed by atoms with E-state index in [1.54, 1.807) is 13.1 Å². The molecule has 0 radical (unpaired) electrons. The molecule has 4 rings (SSSR count). The molecule has 5 nitrogen and oxygen atoms in total. The molecule has 1 aromatic heterocycles. The number of aromatic nitrogens is 1. The van der Waals surface area contributed by atoms with Crippen molar-refractivity contribution in [1.82, 2.24) is 14.8 Å². The molecule has 2 aromatic carbocycles. The minimum atomic E-state index is -0.474. The number of amides is 2. The molecule has 0 aliphatic carbocycles. The van der Waals surface area contributed by atoms with Gasteiger partial charge in [0.15, 0.2) is 5.11 Å². The van der Waals surface area contributed by atoms with E-state index in [9.17, 15) is 9.59 Å². The predicted octanol–water partition coefficient (Wildman–Crippen LogP) is 3.71. The summed E-state index contributed by atoms with van der Waals surface area (Å²) in [5.41, 5.74) is 3.07. The fourth-order valence-electron chi connectivity index (χ4n) is 3.21. The highest BCUT2D eigenvalue weighted by molar-refractivity contribution is 9.10. The number of carbonyl (C=O) groups excluding carboxylic acids is 2. The molecule has 2 heterocycles. The first-order chi connectivity index (χ1) is 13.4. The molecule has 0 bridgehead atoms. The van der Waals surface area contributed by atoms with Crippen LogP contribution < -0.4 is 5.32 Å². The minimum Gasteiger partial charge on any atom is -0.342 e. The lowest BCUT2D eigenvalue weighted by Crippen LogP contribution is -2.52. The molecule has 1 aliphatic heterocycles. The van der Waals surface area contributed by atoms with Gasteiger partial charge < -0.3 is 4.57 Å². The fourth-order valence-corrected chi connectivity index (χ4v) is 3.65. The number of carbonyl (C=O) groups is 2. The minimum absolute atomic E-state index is 0.0719. The number of nitrogens with one attached hydrogen (secondary N) is 1. The number of para-hydroxylation sites is 1. The van der Waals surface area contributed by atoms with E-state index in [2.05, 4.69) is 37.9 Å². The second kappa shape index (κ2) is 7.33. The van der Waals surface area contributed by atoms with Crippen molar-refractivity contribution in [2.45, 2.75) is 6.54 Å². The maximum atomic E-state index is 12.5. The van der Waals surface area contributed by atoms with Crippen LogP contribution in [0.2, 0.25) is 0 Å². The lowest BCUT2D eigenvalue weighted by Gasteiger charge is -2.24. The molecule has 7 heteroatoms. The number of likely N-dealkylation sites (N-methyl/N-ethyl adjacent to an activating group) is 1. The average molecular weight is 454 g/mol. The Morgan fingerprint density at radius 1 is 1.11 bits per heavy atom. The van der Waals surface area contributed by atoms with Crippen LogP contribution in [0.15, 0.2) is 64.8 Å². The SMILES string of the molecule is CN1C(=O)/C(=C\c2cn(Cc3ccc(Br)cc3)c3ccccc23)C(=O)NC1=S. The molecule has 1 N–H and O–H groups in total. The standard InChI is InChI=1S/C21H16BrN3O2S/c1-24-20(27)17(19(26)23-21(24)28)10-14-12-25(18-5-3-2-4-16(14)18)11-13-6-8-15(22)9-7-13/h2-10,12H,11H2,1H3,(H,23,26,28)/b17-10-. The summed E-state index contributed by atoms with van der Waals surface area (Å²) in [5.74, 6) is -0.878. The lowest BCUT2D eigenvalue weighted by atomic mass is 10.1. The summed E-state index contributed by atoms with van der Waals surface area (Å²) in [6.45, 7) is 0.682. The maximum Gasteiger partial charge on any atom is 0.265 e. The van der Waals surface area contributed by atoms with Gasteiger partial charge in [-0.25, -0.2) is 0 Å². The normalized spacial score (nSPS) is 16.1. The molecule has 2 amide bonds. The van der Waals surface area contributed by atoms with Gasteiger partial charge in [-0.15, -0.1) is 0 Å². The van der Waals surface area contributed by atoms with Crippen molar-refractivity contribution in [2.75, 3.05) is 7.05 Å². The first kappa shape index (κ1) is 18.6. The number of fused-ring (bicyclic) bond motifs is 1. The van der Waals surface area contributed by atoms with Crippen molar-refractivity contribution in [1.29, 1.82) is 0 Å². The Bertz CT molecular complexity index is 1150. The summed E-state index contributed by atoms with van der Waals surface area (Å²) in [4.78, 5) is 26.1. The van der Waals surface area contributed by atoms with Crippen LogP contribution in [-0.2, 0) is 16.1 Å². The van der Waals surface area contributed by atoms with Crippen LogP contribution in [0.4, 0.5) is 0 Å². The zero-order valence-electron chi connectivity index (χ0n) is 15.0. The molecular weight excluding hydrogens is 438 g/mol. The molecule has 0 saturated carbocycles. The molecule has 3 aromatic rings. The number of hydrogen-bond acceptors (Lipinski definition) is 3. The van der Waals surface area contributed by atoms with E-state index in [1.165, 1.54) is 4.90 Å². The van der Waals surface area contributed by atoms with Crippen molar-refractivity contribution >= 4 is 62.1 Å². The van der Waals surface area contributed by atoms with Gasteiger partial charge in [0.05, 0.1) is 0 Å². The summed E-state index contributed by atoms with van der Waals surface area (Å²) in [7, 11) is 1.55. The molecule has 0 spiro atoms. The Labute approximate surface area is 175 Å². The Balaban J connectivity index is 1.78. The van der Waals surface area contributed by atoms with E-state index in [0.29, 0.717) is 6.54 Å². The second-order valence-corrected chi connectivity index (χ2v) is 7.84. The van der Waals surface area contributed by atoms with E-state index >= 15 is 0 Å². The molecule has 140 valence electrons. The summed E-state index contributed by atoms with van der Waals surface area (Å²) >= 11 is 8.45. The molecule has 1 saturated heterocycles. The summed E-state index contributed by atoms with van der Waals surface area (Å²) in [6.07, 6.45) is 3.60. The van der Waals surface area contributed by atoms with E-state index in [-0.39, 0.29) is 10.7 Å². The lowest BCUT2D eigenvalue weighted by molar-refractivity contribution is -0.128. The molecule has 0 unspecified atom stereocenters. The highest BCUT2D eigenvalue weighted by Gasteiger charge is 2.31. The van der Waals surface area contributed by atoms with E-state index in [4.69, 9.17) is 12.2 Å². The zero-order chi connectivity index (χ0) is 19.8. The van der Waals surface area contributed by atoms with Crippen LogP contribution in [0.1, 0.15) is 11.1 Å². The average Bonchev–Trinajstić information content (AvgIpc) is 3.03. The van der Waals surface area contributed by atoms with Crippen LogP contribution in [0.3, 0.4) is 0 Å².